The topological polar surface area (TPSA) is 124 Å². The molecule has 0 saturated carbocycles. The average Bonchev–Trinajstić information content (AvgIpc) is 3.23. The first-order chi connectivity index (χ1) is 15.4. The van der Waals surface area contributed by atoms with Gasteiger partial charge in [-0.15, -0.1) is 5.10 Å². The molecule has 0 saturated heterocycles. The highest BCUT2D eigenvalue weighted by Gasteiger charge is 2.12. The number of aromatic nitrogens is 5. The maximum Gasteiger partial charge on any atom is 0.246 e. The van der Waals surface area contributed by atoms with Gasteiger partial charge >= 0.3 is 0 Å². The molecule has 1 amide bonds. The van der Waals surface area contributed by atoms with E-state index in [4.69, 9.17) is 9.47 Å². The molecule has 10 heteroatoms. The Balaban J connectivity index is 1.44. The zero-order chi connectivity index (χ0) is 22.7. The lowest BCUT2D eigenvalue weighted by molar-refractivity contribution is -0.116. The molecule has 10 nitrogen and oxygen atoms in total. The SMILES string of the molecule is COc1cc2c(Oc3ccc(NC(=O)Cn4cc(C(C)C)nn4)cc3)ncnc2cc1O. The van der Waals surface area contributed by atoms with Crippen molar-refractivity contribution in [2.75, 3.05) is 12.4 Å². The first-order valence-corrected chi connectivity index (χ1v) is 9.92. The lowest BCUT2D eigenvalue weighted by Crippen LogP contribution is -2.19. The number of phenolic OH excluding ortho intramolecular Hbond substituents is 1. The Morgan fingerprint density at radius 2 is 1.97 bits per heavy atom. The van der Waals surface area contributed by atoms with Gasteiger partial charge in [-0.05, 0) is 36.2 Å². The predicted molar refractivity (Wildman–Crippen MR) is 117 cm³/mol. The Morgan fingerprint density at radius 3 is 2.66 bits per heavy atom. The van der Waals surface area contributed by atoms with E-state index in [1.807, 2.05) is 13.8 Å². The molecule has 0 aliphatic heterocycles. The minimum absolute atomic E-state index is 0.0175. The largest absolute Gasteiger partial charge is 0.504 e. The molecule has 0 atom stereocenters. The molecule has 0 fully saturated rings. The molecule has 2 heterocycles. The van der Waals surface area contributed by atoms with Gasteiger partial charge in [-0.2, -0.15) is 0 Å². The second-order valence-electron chi connectivity index (χ2n) is 7.39. The number of amides is 1. The summed E-state index contributed by atoms with van der Waals surface area (Å²) in [5.74, 6) is 1.15. The number of fused-ring (bicyclic) bond motifs is 1. The molecule has 0 spiro atoms. The summed E-state index contributed by atoms with van der Waals surface area (Å²) in [7, 11) is 1.46. The standard InChI is InChI=1S/C22H22N6O4/c1-13(2)18-10-28(27-26-18)11-21(30)25-14-4-6-15(7-5-14)32-22-16-8-20(31-3)19(29)9-17(16)23-12-24-22/h4-10,12-13,29H,11H2,1-3H3,(H,25,30). The quantitative estimate of drug-likeness (QED) is 0.453. The fourth-order valence-corrected chi connectivity index (χ4v) is 3.01. The highest BCUT2D eigenvalue weighted by Crippen LogP contribution is 2.35. The van der Waals surface area contributed by atoms with Crippen LogP contribution in [-0.2, 0) is 11.3 Å². The fraction of sp³-hybridized carbons (Fsp3) is 0.227. The van der Waals surface area contributed by atoms with Crippen molar-refractivity contribution in [2.45, 2.75) is 26.3 Å². The minimum Gasteiger partial charge on any atom is -0.504 e. The molecule has 4 aromatic rings. The third kappa shape index (κ3) is 4.59. The van der Waals surface area contributed by atoms with Crippen LogP contribution in [0.15, 0.2) is 48.9 Å². The van der Waals surface area contributed by atoms with Crippen LogP contribution >= 0.6 is 0 Å². The molecule has 2 N–H and O–H groups in total. The molecule has 4 rings (SSSR count). The van der Waals surface area contributed by atoms with Crippen LogP contribution < -0.4 is 14.8 Å². The number of phenols is 1. The summed E-state index contributed by atoms with van der Waals surface area (Å²) in [6, 6.07) is 9.99. The van der Waals surface area contributed by atoms with E-state index in [1.165, 1.54) is 24.2 Å². The van der Waals surface area contributed by atoms with Crippen molar-refractivity contribution in [1.82, 2.24) is 25.0 Å². The lowest BCUT2D eigenvalue weighted by atomic mass is 10.2. The number of nitrogens with zero attached hydrogens (tertiary/aromatic N) is 5. The van der Waals surface area contributed by atoms with E-state index in [0.29, 0.717) is 34.0 Å². The second-order valence-corrected chi connectivity index (χ2v) is 7.39. The number of hydrogen-bond acceptors (Lipinski definition) is 8. The normalized spacial score (nSPS) is 11.0. The Kier molecular flexibility index (Phi) is 5.84. The van der Waals surface area contributed by atoms with Gasteiger partial charge in [-0.3, -0.25) is 4.79 Å². The number of hydrogen-bond donors (Lipinski definition) is 2. The molecular weight excluding hydrogens is 412 g/mol. The number of aromatic hydroxyl groups is 1. The molecule has 0 bridgehead atoms. The second kappa shape index (κ2) is 8.88. The highest BCUT2D eigenvalue weighted by molar-refractivity contribution is 5.90. The van der Waals surface area contributed by atoms with Crippen LogP contribution in [0, 0.1) is 0 Å². The summed E-state index contributed by atoms with van der Waals surface area (Å²) in [5, 5.41) is 21.4. The number of methoxy groups -OCH3 is 1. The molecular formula is C22H22N6O4. The zero-order valence-corrected chi connectivity index (χ0v) is 17.8. The van der Waals surface area contributed by atoms with Crippen molar-refractivity contribution in [3.63, 3.8) is 0 Å². The number of ether oxygens (including phenoxy) is 2. The van der Waals surface area contributed by atoms with Gasteiger partial charge in [0.2, 0.25) is 11.8 Å². The van der Waals surface area contributed by atoms with Crippen molar-refractivity contribution in [3.05, 3.63) is 54.6 Å². The van der Waals surface area contributed by atoms with Crippen LogP contribution in [0.5, 0.6) is 23.1 Å². The molecule has 164 valence electrons. The number of benzene rings is 2. The molecule has 0 aliphatic carbocycles. The summed E-state index contributed by atoms with van der Waals surface area (Å²) < 4.78 is 12.6. The summed E-state index contributed by atoms with van der Waals surface area (Å²) in [6.07, 6.45) is 3.12. The van der Waals surface area contributed by atoms with E-state index >= 15 is 0 Å². The number of carbonyl (C=O) groups excluding carboxylic acids is 1. The maximum absolute atomic E-state index is 12.3. The zero-order valence-electron chi connectivity index (χ0n) is 17.8. The highest BCUT2D eigenvalue weighted by atomic mass is 16.5. The summed E-state index contributed by atoms with van der Waals surface area (Å²) in [4.78, 5) is 20.6. The van der Waals surface area contributed by atoms with Crippen molar-refractivity contribution in [3.8, 4) is 23.1 Å². The van der Waals surface area contributed by atoms with Crippen molar-refractivity contribution in [2.24, 2.45) is 0 Å². The summed E-state index contributed by atoms with van der Waals surface area (Å²) >= 11 is 0. The number of carbonyl (C=O) groups is 1. The molecule has 0 radical (unpaired) electrons. The van der Waals surface area contributed by atoms with Gasteiger partial charge in [0.1, 0.15) is 18.6 Å². The summed E-state index contributed by atoms with van der Waals surface area (Å²) in [6.45, 7) is 4.10. The smallest absolute Gasteiger partial charge is 0.246 e. The van der Waals surface area contributed by atoms with E-state index < -0.39 is 0 Å². The first-order valence-electron chi connectivity index (χ1n) is 9.92. The van der Waals surface area contributed by atoms with Crippen molar-refractivity contribution >= 4 is 22.5 Å². The van der Waals surface area contributed by atoms with Crippen LogP contribution in [0.4, 0.5) is 5.69 Å². The Labute approximate surface area is 183 Å². The van der Waals surface area contributed by atoms with E-state index in [-0.39, 0.29) is 24.1 Å². The minimum atomic E-state index is -0.215. The Morgan fingerprint density at radius 1 is 1.19 bits per heavy atom. The van der Waals surface area contributed by atoms with Gasteiger partial charge in [0.25, 0.3) is 0 Å². The van der Waals surface area contributed by atoms with Crippen molar-refractivity contribution < 1.29 is 19.4 Å². The fourth-order valence-electron chi connectivity index (χ4n) is 3.01. The number of nitrogens with one attached hydrogen (secondary N) is 1. The molecule has 2 aromatic heterocycles. The van der Waals surface area contributed by atoms with Crippen LogP contribution in [-0.4, -0.2) is 43.1 Å². The van der Waals surface area contributed by atoms with E-state index in [2.05, 4.69) is 25.6 Å². The molecule has 0 unspecified atom stereocenters. The van der Waals surface area contributed by atoms with Crippen LogP contribution in [0.2, 0.25) is 0 Å². The third-order valence-electron chi connectivity index (χ3n) is 4.71. The maximum atomic E-state index is 12.3. The van der Waals surface area contributed by atoms with Crippen LogP contribution in [0.1, 0.15) is 25.5 Å². The van der Waals surface area contributed by atoms with E-state index in [1.54, 1.807) is 36.5 Å². The molecule has 2 aromatic carbocycles. The summed E-state index contributed by atoms with van der Waals surface area (Å²) in [5.41, 5.74) is 1.97. The van der Waals surface area contributed by atoms with Gasteiger partial charge in [-0.1, -0.05) is 19.1 Å². The monoisotopic (exact) mass is 434 g/mol. The van der Waals surface area contributed by atoms with Gasteiger partial charge < -0.3 is 19.9 Å². The van der Waals surface area contributed by atoms with Crippen LogP contribution in [0.25, 0.3) is 10.9 Å². The number of rotatable bonds is 7. The first kappa shape index (κ1) is 21.0. The average molecular weight is 434 g/mol. The van der Waals surface area contributed by atoms with Gasteiger partial charge in [-0.25, -0.2) is 14.6 Å². The van der Waals surface area contributed by atoms with E-state index in [0.717, 1.165) is 5.69 Å². The Bertz CT molecular complexity index is 1250. The van der Waals surface area contributed by atoms with Gasteiger partial charge in [0.15, 0.2) is 11.5 Å². The Hall–Kier alpha value is -4.21. The third-order valence-corrected chi connectivity index (χ3v) is 4.71. The predicted octanol–water partition coefficient (Wildman–Crippen LogP) is 3.49. The van der Waals surface area contributed by atoms with Crippen molar-refractivity contribution in [1.29, 1.82) is 0 Å². The molecule has 0 aliphatic rings. The van der Waals surface area contributed by atoms with Crippen LogP contribution in [0.3, 0.4) is 0 Å². The van der Waals surface area contributed by atoms with Gasteiger partial charge in [0, 0.05) is 18.0 Å². The molecule has 32 heavy (non-hydrogen) atoms. The van der Waals surface area contributed by atoms with E-state index in [9.17, 15) is 9.90 Å². The van der Waals surface area contributed by atoms with Gasteiger partial charge in [0.05, 0.1) is 23.7 Å². The lowest BCUT2D eigenvalue weighted by Gasteiger charge is -2.10. The number of anilines is 1.